The van der Waals surface area contributed by atoms with Crippen LogP contribution in [0.25, 0.3) is 5.57 Å². The summed E-state index contributed by atoms with van der Waals surface area (Å²) in [4.78, 5) is 11.9. The highest BCUT2D eigenvalue weighted by Gasteiger charge is 2.27. The minimum absolute atomic E-state index is 0.0181. The van der Waals surface area contributed by atoms with Crippen LogP contribution in [0.4, 0.5) is 5.69 Å². The number of carbonyl (C=O) groups is 1. The van der Waals surface area contributed by atoms with Gasteiger partial charge in [-0.25, -0.2) is 0 Å². The molecule has 2 nitrogen and oxygen atoms in total. The third-order valence-electron chi connectivity index (χ3n) is 3.05. The number of rotatable bonds is 1. The zero-order valence-corrected chi connectivity index (χ0v) is 9.53. The molecule has 1 N–H and O–H groups in total. The lowest BCUT2D eigenvalue weighted by atomic mass is 9.98. The number of anilines is 1. The molecule has 2 heteroatoms. The molecule has 0 atom stereocenters. The number of para-hydroxylation sites is 1. The van der Waals surface area contributed by atoms with Gasteiger partial charge >= 0.3 is 0 Å². The summed E-state index contributed by atoms with van der Waals surface area (Å²) in [6.45, 7) is 2.00. The van der Waals surface area contributed by atoms with E-state index in [2.05, 4.69) is 5.32 Å². The van der Waals surface area contributed by atoms with Gasteiger partial charge in [0.2, 0.25) is 0 Å². The Hall–Kier alpha value is -1.57. The topological polar surface area (TPSA) is 29.1 Å². The van der Waals surface area contributed by atoms with Gasteiger partial charge in [-0.2, -0.15) is 0 Å². The zero-order valence-electron chi connectivity index (χ0n) is 9.53. The van der Waals surface area contributed by atoms with E-state index in [9.17, 15) is 4.79 Å². The van der Waals surface area contributed by atoms with E-state index in [1.165, 1.54) is 0 Å². The number of amides is 1. The quantitative estimate of drug-likeness (QED) is 0.727. The van der Waals surface area contributed by atoms with Gasteiger partial charge in [-0.05, 0) is 38.2 Å². The predicted molar refractivity (Wildman–Crippen MR) is 68.2 cm³/mol. The third kappa shape index (κ3) is 1.78. The molecule has 0 spiro atoms. The summed E-state index contributed by atoms with van der Waals surface area (Å²) in [5.41, 5.74) is 3.78. The summed E-state index contributed by atoms with van der Waals surface area (Å²) in [5, 5.41) is 2.92. The smallest absolute Gasteiger partial charge is 0.256 e. The number of carbonyl (C=O) groups excluding carboxylic acids is 1. The highest BCUT2D eigenvalue weighted by Crippen LogP contribution is 2.36. The molecule has 1 aliphatic heterocycles. The Morgan fingerprint density at radius 3 is 2.71 bits per heavy atom. The van der Waals surface area contributed by atoms with Crippen molar-refractivity contribution in [2.24, 2.45) is 0 Å². The molecule has 17 heavy (non-hydrogen) atoms. The first kappa shape index (κ1) is 10.6. The summed E-state index contributed by atoms with van der Waals surface area (Å²) in [5.74, 6) is 1.04. The number of fused-ring (bicyclic) bond motifs is 1. The van der Waals surface area contributed by atoms with Gasteiger partial charge in [0.05, 0.1) is 5.69 Å². The second-order valence-electron chi connectivity index (χ2n) is 4.23. The number of aryl methyl sites for hydroxylation is 1. The summed E-state index contributed by atoms with van der Waals surface area (Å²) in [6.07, 6.45) is 9.86. The first-order valence-corrected chi connectivity index (χ1v) is 5.60. The Morgan fingerprint density at radius 2 is 1.94 bits per heavy atom. The van der Waals surface area contributed by atoms with Crippen LogP contribution in [0.1, 0.15) is 11.1 Å². The van der Waals surface area contributed by atoms with Crippen molar-refractivity contribution >= 4 is 17.2 Å². The van der Waals surface area contributed by atoms with Crippen molar-refractivity contribution in [3.63, 3.8) is 0 Å². The number of allylic oxidation sites excluding steroid dienone is 1. The maximum absolute atomic E-state index is 11.9. The van der Waals surface area contributed by atoms with Crippen molar-refractivity contribution in [1.29, 1.82) is 0 Å². The molecule has 0 unspecified atom stereocenters. The van der Waals surface area contributed by atoms with E-state index in [1.54, 1.807) is 0 Å². The molecule has 1 fully saturated rings. The molecule has 0 bridgehead atoms. The van der Waals surface area contributed by atoms with Gasteiger partial charge in [-0.3, -0.25) is 4.79 Å². The normalized spacial score (nSPS) is 21.9. The van der Waals surface area contributed by atoms with Crippen LogP contribution in [0.3, 0.4) is 0 Å². The Kier molecular flexibility index (Phi) is 2.50. The molecule has 2 aliphatic rings. The number of benzene rings is 1. The summed E-state index contributed by atoms with van der Waals surface area (Å²) in [6, 6.07) is 5.97. The Morgan fingerprint density at radius 1 is 1.18 bits per heavy atom. The van der Waals surface area contributed by atoms with Gasteiger partial charge in [-0.15, -0.1) is 0 Å². The summed E-state index contributed by atoms with van der Waals surface area (Å²) >= 11 is 0. The van der Waals surface area contributed by atoms with Crippen molar-refractivity contribution < 1.29 is 4.79 Å². The van der Waals surface area contributed by atoms with E-state index in [0.717, 1.165) is 28.3 Å². The first-order valence-electron chi connectivity index (χ1n) is 5.60. The molecule has 1 aromatic carbocycles. The van der Waals surface area contributed by atoms with Crippen LogP contribution >= 0.6 is 0 Å². The lowest BCUT2D eigenvalue weighted by Gasteiger charge is -2.03. The largest absolute Gasteiger partial charge is 0.321 e. The number of hydrogen-bond donors (Lipinski definition) is 1. The molecule has 1 aliphatic carbocycles. The van der Waals surface area contributed by atoms with E-state index in [4.69, 9.17) is 0 Å². The van der Waals surface area contributed by atoms with Crippen LogP contribution < -0.4 is 5.32 Å². The SMILES string of the molecule is Cc1cccc2c1NC(=O)/C2=C\[C]1[CH][CH][CH][CH]1. The molecule has 3 rings (SSSR count). The number of nitrogens with one attached hydrogen (secondary N) is 1. The van der Waals surface area contributed by atoms with Crippen molar-refractivity contribution in [2.45, 2.75) is 6.92 Å². The molecule has 1 saturated carbocycles. The maximum Gasteiger partial charge on any atom is 0.256 e. The van der Waals surface area contributed by atoms with E-state index >= 15 is 0 Å². The van der Waals surface area contributed by atoms with Gasteiger partial charge in [0, 0.05) is 17.1 Å². The molecule has 0 saturated heterocycles. The Bertz CT molecular complexity index is 496. The molecule has 1 heterocycles. The van der Waals surface area contributed by atoms with E-state index < -0.39 is 0 Å². The summed E-state index contributed by atoms with van der Waals surface area (Å²) < 4.78 is 0. The van der Waals surface area contributed by atoms with Gasteiger partial charge in [0.1, 0.15) is 0 Å². The van der Waals surface area contributed by atoms with Gasteiger partial charge in [0.15, 0.2) is 0 Å². The van der Waals surface area contributed by atoms with E-state index in [1.807, 2.05) is 56.9 Å². The van der Waals surface area contributed by atoms with Crippen LogP contribution in [0.5, 0.6) is 0 Å². The fourth-order valence-electron chi connectivity index (χ4n) is 2.16. The Labute approximate surface area is 102 Å². The molecule has 5 radical (unpaired) electrons. The van der Waals surface area contributed by atoms with Gasteiger partial charge < -0.3 is 5.32 Å². The molecule has 0 aromatic heterocycles. The standard InChI is InChI=1S/C15H12NO/c1-10-5-4-8-12-13(15(17)16-14(10)12)9-11-6-2-3-7-11/h2-9H,1H3,(H,16,17)/b13-9-. The van der Waals surface area contributed by atoms with Gasteiger partial charge in [-0.1, -0.05) is 24.3 Å². The van der Waals surface area contributed by atoms with Crippen LogP contribution in [0.15, 0.2) is 24.3 Å². The van der Waals surface area contributed by atoms with Crippen LogP contribution in [0.2, 0.25) is 0 Å². The molecule has 1 amide bonds. The second kappa shape index (κ2) is 4.02. The fourth-order valence-corrected chi connectivity index (χ4v) is 2.16. The van der Waals surface area contributed by atoms with Crippen molar-refractivity contribution in [3.05, 3.63) is 67.0 Å². The minimum atomic E-state index is -0.0181. The lowest BCUT2D eigenvalue weighted by molar-refractivity contribution is -0.110. The van der Waals surface area contributed by atoms with E-state index in [0.29, 0.717) is 0 Å². The molecular weight excluding hydrogens is 210 g/mol. The van der Waals surface area contributed by atoms with Crippen LogP contribution in [-0.4, -0.2) is 5.91 Å². The highest BCUT2D eigenvalue weighted by atomic mass is 16.2. The third-order valence-corrected chi connectivity index (χ3v) is 3.05. The highest BCUT2D eigenvalue weighted by molar-refractivity contribution is 6.32. The van der Waals surface area contributed by atoms with Crippen LogP contribution in [-0.2, 0) is 4.79 Å². The first-order chi connectivity index (χ1) is 8.25. The van der Waals surface area contributed by atoms with Gasteiger partial charge in [0.25, 0.3) is 5.91 Å². The average molecular weight is 222 g/mol. The minimum Gasteiger partial charge on any atom is -0.321 e. The monoisotopic (exact) mass is 222 g/mol. The maximum atomic E-state index is 11.9. The van der Waals surface area contributed by atoms with Crippen LogP contribution in [0, 0.1) is 38.5 Å². The second-order valence-corrected chi connectivity index (χ2v) is 4.23. The summed E-state index contributed by atoms with van der Waals surface area (Å²) in [7, 11) is 0. The average Bonchev–Trinajstić information content (AvgIpc) is 2.91. The Balaban J connectivity index is 2.02. The predicted octanol–water partition coefficient (Wildman–Crippen LogP) is 2.74. The zero-order chi connectivity index (χ0) is 11.8. The molecular formula is C15H12NO. The fraction of sp³-hybridized carbons (Fsp3) is 0.0667. The molecule has 1 aromatic rings. The molecule has 83 valence electrons. The van der Waals surface area contributed by atoms with Crippen molar-refractivity contribution in [2.75, 3.05) is 5.32 Å². The van der Waals surface area contributed by atoms with E-state index in [-0.39, 0.29) is 5.91 Å². The van der Waals surface area contributed by atoms with Crippen molar-refractivity contribution in [3.8, 4) is 0 Å². The number of hydrogen-bond acceptors (Lipinski definition) is 1. The van der Waals surface area contributed by atoms with Crippen molar-refractivity contribution in [1.82, 2.24) is 0 Å². The lowest BCUT2D eigenvalue weighted by Crippen LogP contribution is -2.05.